The van der Waals surface area contributed by atoms with Gasteiger partial charge < -0.3 is 4.90 Å². The van der Waals surface area contributed by atoms with Gasteiger partial charge in [0.15, 0.2) is 0 Å². The summed E-state index contributed by atoms with van der Waals surface area (Å²) < 4.78 is 51.8. The Morgan fingerprint density at radius 1 is 1.00 bits per heavy atom. The van der Waals surface area contributed by atoms with Gasteiger partial charge in [-0.3, -0.25) is 18.7 Å². The van der Waals surface area contributed by atoms with Crippen LogP contribution in [0.3, 0.4) is 0 Å². The molecule has 2 N–H and O–H groups in total. The van der Waals surface area contributed by atoms with Crippen molar-refractivity contribution in [1.29, 1.82) is 0 Å². The Kier molecular flexibility index (Phi) is 6.08. The standard InChI is InChI=1S/C27H26FN3O5S2/c1-26(2,3)18-6-10-20(11-7-18)31-24(32)16-37(34)27(31)22-14-21(38(29,35)36)12-13-23(22)30(25(27)33)15-17-4-8-19(28)9-5-17/h4-14H,15-16H2,1-3H3,(H2,29,35,36). The summed E-state index contributed by atoms with van der Waals surface area (Å²) in [6.45, 7) is 6.11. The molecular formula is C27H26FN3O5S2. The number of fused-ring (bicyclic) bond motifs is 2. The fourth-order valence-corrected chi connectivity index (χ4v) is 7.19. The molecule has 3 aromatic carbocycles. The van der Waals surface area contributed by atoms with Gasteiger partial charge in [-0.1, -0.05) is 45.0 Å². The van der Waals surface area contributed by atoms with Gasteiger partial charge in [-0.25, -0.2) is 17.9 Å². The van der Waals surface area contributed by atoms with Gasteiger partial charge in [0.2, 0.25) is 20.8 Å². The Balaban J connectivity index is 1.72. The molecule has 2 atom stereocenters. The lowest BCUT2D eigenvalue weighted by molar-refractivity contribution is -0.123. The smallest absolute Gasteiger partial charge is 0.271 e. The summed E-state index contributed by atoms with van der Waals surface area (Å²) >= 11 is 0. The van der Waals surface area contributed by atoms with Crippen LogP contribution in [-0.2, 0) is 47.2 Å². The summed E-state index contributed by atoms with van der Waals surface area (Å²) in [5.41, 5.74) is 2.19. The number of nitrogens with zero attached hydrogens (tertiary/aromatic N) is 2. The van der Waals surface area contributed by atoms with Crippen LogP contribution in [0.2, 0.25) is 0 Å². The van der Waals surface area contributed by atoms with E-state index in [4.69, 9.17) is 5.14 Å². The summed E-state index contributed by atoms with van der Waals surface area (Å²) in [7, 11) is -6.24. The van der Waals surface area contributed by atoms with Gasteiger partial charge in [0.25, 0.3) is 5.91 Å². The highest BCUT2D eigenvalue weighted by Crippen LogP contribution is 2.52. The summed E-state index contributed by atoms with van der Waals surface area (Å²) in [4.78, 5) is 27.9. The van der Waals surface area contributed by atoms with E-state index in [2.05, 4.69) is 0 Å². The second-order valence-corrected chi connectivity index (χ2v) is 13.5. The lowest BCUT2D eigenvalue weighted by atomic mass is 9.87. The van der Waals surface area contributed by atoms with Crippen LogP contribution >= 0.6 is 0 Å². The van der Waals surface area contributed by atoms with E-state index in [9.17, 15) is 26.6 Å². The topological polar surface area (TPSA) is 118 Å². The van der Waals surface area contributed by atoms with Crippen LogP contribution in [0.5, 0.6) is 0 Å². The molecule has 8 nitrogen and oxygen atoms in total. The second-order valence-electron chi connectivity index (χ2n) is 10.4. The number of nitrogens with two attached hydrogens (primary N) is 1. The van der Waals surface area contributed by atoms with Crippen LogP contribution in [0, 0.1) is 5.82 Å². The molecule has 3 aromatic rings. The van der Waals surface area contributed by atoms with Crippen molar-refractivity contribution in [3.63, 3.8) is 0 Å². The number of benzene rings is 3. The van der Waals surface area contributed by atoms with Crippen molar-refractivity contribution in [2.24, 2.45) is 5.14 Å². The van der Waals surface area contributed by atoms with Crippen molar-refractivity contribution < 1.29 is 26.6 Å². The molecule has 1 saturated heterocycles. The predicted octanol–water partition coefficient (Wildman–Crippen LogP) is 3.27. The van der Waals surface area contributed by atoms with E-state index < -0.39 is 49.1 Å². The molecule has 1 fully saturated rings. The van der Waals surface area contributed by atoms with Crippen LogP contribution in [0.4, 0.5) is 15.8 Å². The quantitative estimate of drug-likeness (QED) is 0.530. The Labute approximate surface area is 222 Å². The van der Waals surface area contributed by atoms with Gasteiger partial charge >= 0.3 is 0 Å². The number of sulfonamides is 1. The SMILES string of the molecule is CC(C)(C)c1ccc(N2C(=O)CS(=O)C23C(=O)N(Cc2ccc(F)cc2)c2ccc(S(N)(=O)=O)cc23)cc1. The molecule has 2 amide bonds. The van der Waals surface area contributed by atoms with Crippen LogP contribution in [-0.4, -0.2) is 30.2 Å². The van der Waals surface area contributed by atoms with Crippen LogP contribution in [0.15, 0.2) is 71.6 Å². The minimum absolute atomic E-state index is 0.00915. The maximum absolute atomic E-state index is 14.3. The number of anilines is 2. The van der Waals surface area contributed by atoms with E-state index >= 15 is 0 Å². The van der Waals surface area contributed by atoms with Gasteiger partial charge in [-0.05, 0) is 59.0 Å². The zero-order valence-electron chi connectivity index (χ0n) is 21.0. The fraction of sp³-hybridized carbons (Fsp3) is 0.259. The molecule has 0 bridgehead atoms. The first-order valence-corrected chi connectivity index (χ1v) is 14.7. The van der Waals surface area contributed by atoms with Gasteiger partial charge in [-0.2, -0.15) is 0 Å². The largest absolute Gasteiger partial charge is 0.304 e. The van der Waals surface area contributed by atoms with Crippen molar-refractivity contribution in [2.45, 2.75) is 42.5 Å². The summed E-state index contributed by atoms with van der Waals surface area (Å²) in [5.74, 6) is -2.04. The number of hydrogen-bond donors (Lipinski definition) is 1. The summed E-state index contributed by atoms with van der Waals surface area (Å²) in [5, 5.41) is 5.39. The molecule has 2 aliphatic rings. The van der Waals surface area contributed by atoms with Crippen molar-refractivity contribution >= 4 is 44.0 Å². The van der Waals surface area contributed by atoms with E-state index in [-0.39, 0.29) is 22.4 Å². The van der Waals surface area contributed by atoms with Gasteiger partial charge in [0.05, 0.1) is 27.9 Å². The molecule has 1 spiro atoms. The highest BCUT2D eigenvalue weighted by molar-refractivity contribution is 7.89. The average Bonchev–Trinajstić information content (AvgIpc) is 3.25. The molecule has 0 radical (unpaired) electrons. The van der Waals surface area contributed by atoms with E-state index in [1.54, 1.807) is 12.1 Å². The normalized spacial score (nSPS) is 21.4. The summed E-state index contributed by atoms with van der Waals surface area (Å²) in [6, 6.07) is 16.5. The zero-order chi connectivity index (χ0) is 27.6. The van der Waals surface area contributed by atoms with Crippen molar-refractivity contribution in [2.75, 3.05) is 15.6 Å². The third-order valence-corrected chi connectivity index (χ3v) is 9.54. The number of carbonyl (C=O) groups is 2. The first-order valence-electron chi connectivity index (χ1n) is 11.8. The maximum Gasteiger partial charge on any atom is 0.271 e. The van der Waals surface area contributed by atoms with Crippen LogP contribution in [0.25, 0.3) is 0 Å². The lowest BCUT2D eigenvalue weighted by Gasteiger charge is -2.33. The van der Waals surface area contributed by atoms with Gasteiger partial charge in [-0.15, -0.1) is 0 Å². The lowest BCUT2D eigenvalue weighted by Crippen LogP contribution is -2.52. The molecule has 5 rings (SSSR count). The van der Waals surface area contributed by atoms with Gasteiger partial charge in [0, 0.05) is 11.3 Å². The zero-order valence-corrected chi connectivity index (χ0v) is 22.6. The highest BCUT2D eigenvalue weighted by atomic mass is 32.2. The molecule has 0 aromatic heterocycles. The third kappa shape index (κ3) is 4.05. The van der Waals surface area contributed by atoms with E-state index in [1.165, 1.54) is 52.3 Å². The molecule has 2 aliphatic heterocycles. The molecular weight excluding hydrogens is 529 g/mol. The fourth-order valence-electron chi connectivity index (χ4n) is 4.97. The Bertz CT molecular complexity index is 1600. The predicted molar refractivity (Wildman–Crippen MR) is 143 cm³/mol. The number of halogens is 1. The first kappa shape index (κ1) is 26.2. The average molecular weight is 556 g/mol. The number of carbonyl (C=O) groups excluding carboxylic acids is 2. The van der Waals surface area contributed by atoms with E-state index in [0.717, 1.165) is 5.56 Å². The Morgan fingerprint density at radius 2 is 1.63 bits per heavy atom. The van der Waals surface area contributed by atoms with Crippen LogP contribution in [0.1, 0.15) is 37.5 Å². The van der Waals surface area contributed by atoms with E-state index in [0.29, 0.717) is 16.9 Å². The Morgan fingerprint density at radius 3 is 2.21 bits per heavy atom. The molecule has 2 heterocycles. The molecule has 0 saturated carbocycles. The number of rotatable bonds is 4. The minimum atomic E-state index is -4.18. The number of hydrogen-bond acceptors (Lipinski definition) is 5. The minimum Gasteiger partial charge on any atom is -0.304 e. The van der Waals surface area contributed by atoms with Gasteiger partial charge in [0.1, 0.15) is 11.6 Å². The molecule has 198 valence electrons. The summed E-state index contributed by atoms with van der Waals surface area (Å²) in [6.07, 6.45) is 0. The number of amides is 2. The molecule has 0 aliphatic carbocycles. The third-order valence-electron chi connectivity index (χ3n) is 6.88. The molecule has 38 heavy (non-hydrogen) atoms. The van der Waals surface area contributed by atoms with Crippen molar-refractivity contribution in [3.8, 4) is 0 Å². The van der Waals surface area contributed by atoms with E-state index in [1.807, 2.05) is 32.9 Å². The first-order chi connectivity index (χ1) is 17.7. The van der Waals surface area contributed by atoms with Crippen molar-refractivity contribution in [1.82, 2.24) is 0 Å². The van der Waals surface area contributed by atoms with Crippen LogP contribution < -0.4 is 14.9 Å². The Hall–Kier alpha value is -3.41. The molecule has 11 heteroatoms. The highest BCUT2D eigenvalue weighted by Gasteiger charge is 2.65. The maximum atomic E-state index is 14.3. The number of primary sulfonamides is 1. The molecule has 2 unspecified atom stereocenters. The second kappa shape index (κ2) is 8.82. The monoisotopic (exact) mass is 555 g/mol. The van der Waals surface area contributed by atoms with Crippen molar-refractivity contribution in [3.05, 3.63) is 89.2 Å².